The van der Waals surface area contributed by atoms with Crippen LogP contribution in [0.25, 0.3) is 0 Å². The molecular weight excluding hydrogens is 140 g/mol. The predicted octanol–water partition coefficient (Wildman–Crippen LogP) is 0.738. The van der Waals surface area contributed by atoms with Crippen LogP contribution < -0.4 is 11.1 Å². The van der Waals surface area contributed by atoms with Gasteiger partial charge in [-0.1, -0.05) is 0 Å². The quantitative estimate of drug-likeness (QED) is 0.513. The summed E-state index contributed by atoms with van der Waals surface area (Å²) < 4.78 is 0. The number of nitrogen functional groups attached to an aromatic ring is 1. The van der Waals surface area contributed by atoms with Crippen molar-refractivity contribution in [3.05, 3.63) is 5.69 Å². The lowest BCUT2D eigenvalue weighted by atomic mass is 10.1. The van der Waals surface area contributed by atoms with Gasteiger partial charge in [0, 0.05) is 6.04 Å². The van der Waals surface area contributed by atoms with Crippen LogP contribution in [0.3, 0.4) is 0 Å². The number of anilines is 2. The van der Waals surface area contributed by atoms with Crippen LogP contribution in [0.4, 0.5) is 11.5 Å². The van der Waals surface area contributed by atoms with Gasteiger partial charge in [0.25, 0.3) is 0 Å². The van der Waals surface area contributed by atoms with Gasteiger partial charge in [-0.25, -0.2) is 0 Å². The van der Waals surface area contributed by atoms with Crippen LogP contribution in [-0.4, -0.2) is 16.2 Å². The Kier molecular flexibility index (Phi) is 1.27. The Balaban J connectivity index is 2.37. The van der Waals surface area contributed by atoms with Crippen LogP contribution in [0.2, 0.25) is 0 Å². The molecule has 0 aromatic carbocycles. The number of aromatic nitrogens is 2. The minimum atomic E-state index is 0.516. The molecule has 4 heteroatoms. The molecule has 1 aromatic rings. The van der Waals surface area contributed by atoms with E-state index in [2.05, 4.69) is 22.4 Å². The van der Waals surface area contributed by atoms with Crippen molar-refractivity contribution >= 4 is 11.5 Å². The van der Waals surface area contributed by atoms with Crippen molar-refractivity contribution in [3.8, 4) is 0 Å². The smallest absolute Gasteiger partial charge is 0.168 e. The van der Waals surface area contributed by atoms with E-state index in [-0.39, 0.29) is 0 Å². The summed E-state index contributed by atoms with van der Waals surface area (Å²) >= 11 is 0. The highest BCUT2D eigenvalue weighted by molar-refractivity contribution is 5.66. The Morgan fingerprint density at radius 1 is 1.64 bits per heavy atom. The van der Waals surface area contributed by atoms with Crippen molar-refractivity contribution in [2.24, 2.45) is 0 Å². The fourth-order valence-electron chi connectivity index (χ4n) is 1.42. The van der Waals surface area contributed by atoms with Gasteiger partial charge in [0.1, 0.15) is 5.69 Å². The Labute approximate surface area is 65.2 Å². The first-order valence-corrected chi connectivity index (χ1v) is 3.86. The van der Waals surface area contributed by atoms with E-state index in [4.69, 9.17) is 5.73 Å². The fourth-order valence-corrected chi connectivity index (χ4v) is 1.42. The lowest BCUT2D eigenvalue weighted by molar-refractivity contribution is 0.670. The molecule has 11 heavy (non-hydrogen) atoms. The number of hydrogen-bond donors (Lipinski definition) is 3. The number of aryl methyl sites for hydroxylation is 1. The summed E-state index contributed by atoms with van der Waals surface area (Å²) in [6, 6.07) is 0.516. The first kappa shape index (κ1) is 6.52. The maximum absolute atomic E-state index is 5.62. The SMILES string of the molecule is CC1CCc2[nH]nc(N)c2N1. The topological polar surface area (TPSA) is 66.7 Å². The zero-order chi connectivity index (χ0) is 7.84. The van der Waals surface area contributed by atoms with E-state index in [9.17, 15) is 0 Å². The summed E-state index contributed by atoms with van der Waals surface area (Å²) in [5, 5.41) is 10.1. The van der Waals surface area contributed by atoms with E-state index in [0.29, 0.717) is 11.9 Å². The van der Waals surface area contributed by atoms with Gasteiger partial charge in [0.05, 0.1) is 5.69 Å². The number of nitrogens with zero attached hydrogens (tertiary/aromatic N) is 1. The summed E-state index contributed by atoms with van der Waals surface area (Å²) in [5.41, 5.74) is 7.76. The molecule has 4 nitrogen and oxygen atoms in total. The summed E-state index contributed by atoms with van der Waals surface area (Å²) in [4.78, 5) is 0. The van der Waals surface area contributed by atoms with Gasteiger partial charge in [-0.15, -0.1) is 0 Å². The lowest BCUT2D eigenvalue weighted by Crippen LogP contribution is -2.21. The number of fused-ring (bicyclic) bond motifs is 1. The normalized spacial score (nSPS) is 22.5. The molecule has 0 aliphatic carbocycles. The maximum Gasteiger partial charge on any atom is 0.168 e. The number of nitrogens with one attached hydrogen (secondary N) is 2. The van der Waals surface area contributed by atoms with E-state index < -0.39 is 0 Å². The predicted molar refractivity (Wildman–Crippen MR) is 44.4 cm³/mol. The van der Waals surface area contributed by atoms with Crippen LogP contribution in [0, 0.1) is 0 Å². The molecule has 0 saturated carbocycles. The molecular formula is C7H12N4. The molecule has 0 spiro atoms. The Bertz CT molecular complexity index is 265. The molecule has 2 heterocycles. The third-order valence-electron chi connectivity index (χ3n) is 2.09. The molecule has 1 unspecified atom stereocenters. The zero-order valence-electron chi connectivity index (χ0n) is 6.52. The zero-order valence-corrected chi connectivity index (χ0v) is 6.52. The molecule has 2 rings (SSSR count). The van der Waals surface area contributed by atoms with E-state index in [0.717, 1.165) is 24.2 Å². The van der Waals surface area contributed by atoms with Crippen molar-refractivity contribution < 1.29 is 0 Å². The molecule has 0 radical (unpaired) electrons. The molecule has 4 N–H and O–H groups in total. The first-order chi connectivity index (χ1) is 5.27. The van der Waals surface area contributed by atoms with Crippen molar-refractivity contribution in [1.29, 1.82) is 0 Å². The second-order valence-corrected chi connectivity index (χ2v) is 3.05. The third kappa shape index (κ3) is 0.943. The van der Waals surface area contributed by atoms with Crippen molar-refractivity contribution in [2.45, 2.75) is 25.8 Å². The standard InChI is InChI=1S/C7H12N4/c1-4-2-3-5-6(9-4)7(8)11-10-5/h4,9H,2-3H2,1H3,(H3,8,10,11). The number of aromatic amines is 1. The molecule has 60 valence electrons. The largest absolute Gasteiger partial charge is 0.380 e. The second-order valence-electron chi connectivity index (χ2n) is 3.05. The van der Waals surface area contributed by atoms with Gasteiger partial charge in [0.2, 0.25) is 0 Å². The molecule has 1 aliphatic heterocycles. The van der Waals surface area contributed by atoms with Gasteiger partial charge in [-0.05, 0) is 19.8 Å². The van der Waals surface area contributed by atoms with Crippen molar-refractivity contribution in [1.82, 2.24) is 10.2 Å². The second kappa shape index (κ2) is 2.15. The minimum absolute atomic E-state index is 0.516. The van der Waals surface area contributed by atoms with Crippen molar-refractivity contribution in [3.63, 3.8) is 0 Å². The Hall–Kier alpha value is -1.19. The van der Waals surface area contributed by atoms with Crippen LogP contribution in [-0.2, 0) is 6.42 Å². The number of nitrogens with two attached hydrogens (primary N) is 1. The Morgan fingerprint density at radius 2 is 2.45 bits per heavy atom. The van der Waals surface area contributed by atoms with E-state index in [1.54, 1.807) is 0 Å². The summed E-state index contributed by atoms with van der Waals surface area (Å²) in [5.74, 6) is 0.589. The van der Waals surface area contributed by atoms with Crippen molar-refractivity contribution in [2.75, 3.05) is 11.1 Å². The maximum atomic E-state index is 5.62. The van der Waals surface area contributed by atoms with Gasteiger partial charge in [-0.3, -0.25) is 5.10 Å². The fraction of sp³-hybridized carbons (Fsp3) is 0.571. The van der Waals surface area contributed by atoms with Gasteiger partial charge in [-0.2, -0.15) is 5.10 Å². The summed E-state index contributed by atoms with van der Waals surface area (Å²) in [7, 11) is 0. The average molecular weight is 152 g/mol. The van der Waals surface area contributed by atoms with Crippen LogP contribution >= 0.6 is 0 Å². The summed E-state index contributed by atoms with van der Waals surface area (Å²) in [6.45, 7) is 2.15. The molecule has 0 fully saturated rings. The number of H-pyrrole nitrogens is 1. The molecule has 0 bridgehead atoms. The van der Waals surface area contributed by atoms with Gasteiger partial charge >= 0.3 is 0 Å². The van der Waals surface area contributed by atoms with E-state index >= 15 is 0 Å². The monoisotopic (exact) mass is 152 g/mol. The highest BCUT2D eigenvalue weighted by Gasteiger charge is 2.18. The summed E-state index contributed by atoms with van der Waals surface area (Å²) in [6.07, 6.45) is 2.20. The number of hydrogen-bond acceptors (Lipinski definition) is 3. The van der Waals surface area contributed by atoms with Gasteiger partial charge < -0.3 is 11.1 Å². The van der Waals surface area contributed by atoms with E-state index in [1.165, 1.54) is 0 Å². The minimum Gasteiger partial charge on any atom is -0.380 e. The van der Waals surface area contributed by atoms with Gasteiger partial charge in [0.15, 0.2) is 5.82 Å². The highest BCUT2D eigenvalue weighted by atomic mass is 15.2. The lowest BCUT2D eigenvalue weighted by Gasteiger charge is -2.20. The highest BCUT2D eigenvalue weighted by Crippen LogP contribution is 2.27. The Morgan fingerprint density at radius 3 is 3.27 bits per heavy atom. The average Bonchev–Trinajstić information content (AvgIpc) is 2.33. The molecule has 1 atom stereocenters. The molecule has 1 aliphatic rings. The first-order valence-electron chi connectivity index (χ1n) is 3.86. The molecule has 0 amide bonds. The molecule has 0 saturated heterocycles. The third-order valence-corrected chi connectivity index (χ3v) is 2.09. The molecule has 1 aromatic heterocycles. The van der Waals surface area contributed by atoms with E-state index in [1.807, 2.05) is 0 Å². The van der Waals surface area contributed by atoms with Crippen LogP contribution in [0.15, 0.2) is 0 Å². The van der Waals surface area contributed by atoms with Crippen LogP contribution in [0.1, 0.15) is 19.0 Å². The number of rotatable bonds is 0. The van der Waals surface area contributed by atoms with Crippen LogP contribution in [0.5, 0.6) is 0 Å².